The number of carbonyl (C=O) groups is 1. The van der Waals surface area contributed by atoms with Gasteiger partial charge < -0.3 is 0 Å². The number of thiophene rings is 2. The molecule has 0 aliphatic rings. The third-order valence-electron chi connectivity index (χ3n) is 2.98. The van der Waals surface area contributed by atoms with Crippen LogP contribution in [0.4, 0.5) is 0 Å². The molecular formula is C15H11BrN2OS2. The van der Waals surface area contributed by atoms with Crippen LogP contribution in [-0.4, -0.2) is 11.6 Å². The standard InChI is InChI=1S/C15H11BrN2OS2/c1-9(12-6-7-14(16)21-12)17-18-15(19)11-8-20-13-5-3-2-4-10(11)13/h2-8H,1H3,(H,18,19)/b17-9-. The number of amides is 1. The number of fused-ring (bicyclic) bond motifs is 1. The van der Waals surface area contributed by atoms with Gasteiger partial charge in [-0.1, -0.05) is 18.2 Å². The molecule has 0 radical (unpaired) electrons. The first-order valence-corrected chi connectivity index (χ1v) is 8.70. The highest BCUT2D eigenvalue weighted by Crippen LogP contribution is 2.25. The molecule has 0 spiro atoms. The van der Waals surface area contributed by atoms with E-state index in [2.05, 4.69) is 26.5 Å². The Labute approximate surface area is 138 Å². The van der Waals surface area contributed by atoms with Crippen LogP contribution in [0.5, 0.6) is 0 Å². The second kappa shape index (κ2) is 6.09. The maximum Gasteiger partial charge on any atom is 0.272 e. The molecule has 2 aromatic heterocycles. The quantitative estimate of drug-likeness (QED) is 0.512. The topological polar surface area (TPSA) is 41.5 Å². The lowest BCUT2D eigenvalue weighted by molar-refractivity contribution is 0.0957. The molecule has 0 atom stereocenters. The Morgan fingerprint density at radius 2 is 2.05 bits per heavy atom. The van der Waals surface area contributed by atoms with Crippen LogP contribution in [0.2, 0.25) is 0 Å². The van der Waals surface area contributed by atoms with E-state index in [1.165, 1.54) is 0 Å². The van der Waals surface area contributed by atoms with Crippen molar-refractivity contribution in [3.63, 3.8) is 0 Å². The van der Waals surface area contributed by atoms with Crippen molar-refractivity contribution < 1.29 is 4.79 Å². The van der Waals surface area contributed by atoms with Crippen LogP contribution in [0, 0.1) is 0 Å². The molecule has 0 unspecified atom stereocenters. The van der Waals surface area contributed by atoms with Crippen molar-refractivity contribution in [1.82, 2.24) is 5.43 Å². The van der Waals surface area contributed by atoms with E-state index in [-0.39, 0.29) is 5.91 Å². The van der Waals surface area contributed by atoms with Crippen LogP contribution in [0.25, 0.3) is 10.1 Å². The number of hydrogen-bond donors (Lipinski definition) is 1. The molecule has 0 saturated carbocycles. The molecule has 0 aliphatic carbocycles. The number of hydrazone groups is 1. The fraction of sp³-hybridized carbons (Fsp3) is 0.0667. The Balaban J connectivity index is 1.80. The minimum absolute atomic E-state index is 0.178. The van der Waals surface area contributed by atoms with E-state index < -0.39 is 0 Å². The fourth-order valence-electron chi connectivity index (χ4n) is 1.91. The number of benzene rings is 1. The van der Waals surface area contributed by atoms with Crippen LogP contribution in [0.1, 0.15) is 22.2 Å². The van der Waals surface area contributed by atoms with Gasteiger partial charge in [0.2, 0.25) is 0 Å². The van der Waals surface area contributed by atoms with Crippen LogP contribution < -0.4 is 5.43 Å². The molecule has 1 N–H and O–H groups in total. The van der Waals surface area contributed by atoms with Gasteiger partial charge in [0.25, 0.3) is 5.91 Å². The van der Waals surface area contributed by atoms with E-state index in [9.17, 15) is 4.79 Å². The smallest absolute Gasteiger partial charge is 0.267 e. The van der Waals surface area contributed by atoms with Crippen LogP contribution in [0.15, 0.2) is 50.7 Å². The zero-order valence-corrected chi connectivity index (χ0v) is 14.3. The van der Waals surface area contributed by atoms with Gasteiger partial charge in [-0.05, 0) is 41.1 Å². The molecule has 0 saturated heterocycles. The Kier molecular flexibility index (Phi) is 4.19. The molecule has 2 heterocycles. The summed E-state index contributed by atoms with van der Waals surface area (Å²) in [6.45, 7) is 1.88. The Hall–Kier alpha value is -1.50. The molecule has 1 aromatic carbocycles. The lowest BCUT2D eigenvalue weighted by atomic mass is 10.2. The van der Waals surface area contributed by atoms with E-state index in [1.54, 1.807) is 22.7 Å². The highest BCUT2D eigenvalue weighted by molar-refractivity contribution is 9.11. The summed E-state index contributed by atoms with van der Waals surface area (Å²) in [6, 6.07) is 11.8. The molecule has 6 heteroatoms. The van der Waals surface area contributed by atoms with Crippen molar-refractivity contribution in [3.05, 3.63) is 56.0 Å². The molecule has 0 fully saturated rings. The maximum absolute atomic E-state index is 12.2. The van der Waals surface area contributed by atoms with Crippen LogP contribution >= 0.6 is 38.6 Å². The van der Waals surface area contributed by atoms with Crippen molar-refractivity contribution in [2.75, 3.05) is 0 Å². The highest BCUT2D eigenvalue weighted by atomic mass is 79.9. The first-order valence-electron chi connectivity index (χ1n) is 6.22. The zero-order valence-electron chi connectivity index (χ0n) is 11.1. The van der Waals surface area contributed by atoms with Gasteiger partial charge in [0.05, 0.1) is 19.9 Å². The van der Waals surface area contributed by atoms with Crippen molar-refractivity contribution in [3.8, 4) is 0 Å². The lowest BCUT2D eigenvalue weighted by Gasteiger charge is -2.00. The summed E-state index contributed by atoms with van der Waals surface area (Å²) >= 11 is 6.56. The summed E-state index contributed by atoms with van der Waals surface area (Å²) in [5.41, 5.74) is 4.09. The number of nitrogens with zero attached hydrogens (tertiary/aromatic N) is 1. The maximum atomic E-state index is 12.2. The number of nitrogens with one attached hydrogen (secondary N) is 1. The Morgan fingerprint density at radius 3 is 2.81 bits per heavy atom. The minimum Gasteiger partial charge on any atom is -0.267 e. The third kappa shape index (κ3) is 3.07. The van der Waals surface area contributed by atoms with E-state index >= 15 is 0 Å². The van der Waals surface area contributed by atoms with E-state index in [0.717, 1.165) is 24.5 Å². The summed E-state index contributed by atoms with van der Waals surface area (Å²) < 4.78 is 2.15. The average molecular weight is 379 g/mol. The summed E-state index contributed by atoms with van der Waals surface area (Å²) in [6.07, 6.45) is 0. The van der Waals surface area contributed by atoms with Crippen molar-refractivity contribution in [2.24, 2.45) is 5.10 Å². The van der Waals surface area contributed by atoms with Gasteiger partial charge in [0, 0.05) is 15.5 Å². The van der Waals surface area contributed by atoms with Crippen molar-refractivity contribution in [2.45, 2.75) is 6.92 Å². The molecule has 3 aromatic rings. The molecule has 0 bridgehead atoms. The average Bonchev–Trinajstić information content (AvgIpc) is 3.10. The van der Waals surface area contributed by atoms with Gasteiger partial charge >= 0.3 is 0 Å². The first kappa shape index (κ1) is 14.4. The Morgan fingerprint density at radius 1 is 1.24 bits per heavy atom. The molecule has 3 nitrogen and oxygen atoms in total. The highest BCUT2D eigenvalue weighted by Gasteiger charge is 2.11. The van der Waals surface area contributed by atoms with Crippen LogP contribution in [0.3, 0.4) is 0 Å². The summed E-state index contributed by atoms with van der Waals surface area (Å²) in [5.74, 6) is -0.178. The van der Waals surface area contributed by atoms with Gasteiger partial charge in [-0.15, -0.1) is 22.7 Å². The minimum atomic E-state index is -0.178. The molecule has 1 amide bonds. The summed E-state index contributed by atoms with van der Waals surface area (Å²) in [5, 5.41) is 7.01. The predicted octanol–water partition coefficient (Wildman–Crippen LogP) is 4.88. The van der Waals surface area contributed by atoms with E-state index in [4.69, 9.17) is 0 Å². The molecule has 106 valence electrons. The van der Waals surface area contributed by atoms with Crippen molar-refractivity contribution >= 4 is 60.3 Å². The van der Waals surface area contributed by atoms with Crippen molar-refractivity contribution in [1.29, 1.82) is 0 Å². The zero-order chi connectivity index (χ0) is 14.8. The van der Waals surface area contributed by atoms with Gasteiger partial charge in [-0.25, -0.2) is 5.43 Å². The molecular weight excluding hydrogens is 368 g/mol. The van der Waals surface area contributed by atoms with Crippen LogP contribution in [-0.2, 0) is 0 Å². The predicted molar refractivity (Wildman–Crippen MR) is 93.5 cm³/mol. The van der Waals surface area contributed by atoms with E-state index in [1.807, 2.05) is 48.7 Å². The fourth-order valence-corrected chi connectivity index (χ4v) is 4.18. The number of carbonyl (C=O) groups excluding carboxylic acids is 1. The largest absolute Gasteiger partial charge is 0.272 e. The number of halogens is 1. The molecule has 0 aliphatic heterocycles. The summed E-state index contributed by atoms with van der Waals surface area (Å²) in [4.78, 5) is 13.3. The second-order valence-electron chi connectivity index (χ2n) is 4.39. The Bertz CT molecular complexity index is 835. The lowest BCUT2D eigenvalue weighted by Crippen LogP contribution is -2.18. The van der Waals surface area contributed by atoms with Gasteiger partial charge in [0.15, 0.2) is 0 Å². The second-order valence-corrected chi connectivity index (χ2v) is 7.76. The normalized spacial score (nSPS) is 11.8. The van der Waals surface area contributed by atoms with Gasteiger partial charge in [-0.2, -0.15) is 5.10 Å². The monoisotopic (exact) mass is 378 g/mol. The number of hydrogen-bond acceptors (Lipinski definition) is 4. The molecule has 21 heavy (non-hydrogen) atoms. The number of rotatable bonds is 3. The summed E-state index contributed by atoms with van der Waals surface area (Å²) in [7, 11) is 0. The molecule has 3 rings (SSSR count). The SMILES string of the molecule is C/C(=N/NC(=O)c1csc2ccccc12)c1ccc(Br)s1. The third-order valence-corrected chi connectivity index (χ3v) is 5.68. The van der Waals surface area contributed by atoms with Gasteiger partial charge in [0.1, 0.15) is 0 Å². The van der Waals surface area contributed by atoms with E-state index in [0.29, 0.717) is 5.56 Å². The first-order chi connectivity index (χ1) is 10.1. The van der Waals surface area contributed by atoms with Gasteiger partial charge in [-0.3, -0.25) is 4.79 Å².